The highest BCUT2D eigenvalue weighted by atomic mass is 32.1. The lowest BCUT2D eigenvalue weighted by atomic mass is 10.4. The molecule has 0 bridgehead atoms. The molecule has 0 unspecified atom stereocenters. The zero-order valence-corrected chi connectivity index (χ0v) is 8.78. The van der Waals surface area contributed by atoms with Crippen molar-refractivity contribution in [1.29, 1.82) is 0 Å². The second kappa shape index (κ2) is 3.82. The molecule has 0 radical (unpaired) electrons. The van der Waals surface area contributed by atoms with Gasteiger partial charge < -0.3 is 4.74 Å². The number of hydrogen-bond donors (Lipinski definition) is 0. The molecule has 0 atom stereocenters. The Labute approximate surface area is 89.0 Å². The molecule has 0 spiro atoms. The van der Waals surface area contributed by atoms with Crippen LogP contribution >= 0.6 is 11.3 Å². The van der Waals surface area contributed by atoms with Crippen molar-refractivity contribution in [3.63, 3.8) is 0 Å². The van der Waals surface area contributed by atoms with Crippen LogP contribution in [0, 0.1) is 0 Å². The maximum absolute atomic E-state index is 11.7. The summed E-state index contributed by atoms with van der Waals surface area (Å²) in [5.74, 6) is -0.589. The van der Waals surface area contributed by atoms with Crippen molar-refractivity contribution in [2.24, 2.45) is 0 Å². The van der Waals surface area contributed by atoms with Crippen LogP contribution in [-0.4, -0.2) is 22.0 Å². The van der Waals surface area contributed by atoms with Crippen LogP contribution in [0.25, 0.3) is 4.96 Å². The van der Waals surface area contributed by atoms with Crippen molar-refractivity contribution in [2.45, 2.75) is 6.92 Å². The van der Waals surface area contributed by atoms with Crippen LogP contribution in [0.2, 0.25) is 0 Å². The van der Waals surface area contributed by atoms with Gasteiger partial charge in [-0.05, 0) is 6.92 Å². The average Bonchev–Trinajstić information content (AvgIpc) is 2.67. The minimum Gasteiger partial charge on any atom is -0.462 e. The summed E-state index contributed by atoms with van der Waals surface area (Å²) < 4.78 is 6.10. The van der Waals surface area contributed by atoms with E-state index < -0.39 is 5.97 Å². The number of ether oxygens (including phenoxy) is 1. The van der Waals surface area contributed by atoms with Gasteiger partial charge in [-0.2, -0.15) is 0 Å². The second-order valence-electron chi connectivity index (χ2n) is 2.75. The molecule has 6 heteroatoms. The molecule has 0 fully saturated rings. The van der Waals surface area contributed by atoms with Crippen LogP contribution in [-0.2, 0) is 4.74 Å². The highest BCUT2D eigenvalue weighted by Crippen LogP contribution is 2.07. The van der Waals surface area contributed by atoms with Crippen molar-refractivity contribution < 1.29 is 9.53 Å². The Morgan fingerprint density at radius 3 is 3.20 bits per heavy atom. The summed E-state index contributed by atoms with van der Waals surface area (Å²) in [6, 6.07) is 0. The lowest BCUT2D eigenvalue weighted by Crippen LogP contribution is -2.21. The summed E-state index contributed by atoms with van der Waals surface area (Å²) in [7, 11) is 0. The molecule has 0 aliphatic heterocycles. The van der Waals surface area contributed by atoms with Gasteiger partial charge in [0.15, 0.2) is 4.96 Å². The summed E-state index contributed by atoms with van der Waals surface area (Å²) in [5.41, 5.74) is -0.341. The van der Waals surface area contributed by atoms with Crippen LogP contribution in [0.15, 0.2) is 22.6 Å². The van der Waals surface area contributed by atoms with E-state index in [4.69, 9.17) is 4.74 Å². The zero-order chi connectivity index (χ0) is 10.8. The van der Waals surface area contributed by atoms with E-state index in [9.17, 15) is 9.59 Å². The fraction of sp³-hybridized carbons (Fsp3) is 0.222. The van der Waals surface area contributed by atoms with Gasteiger partial charge in [0.1, 0.15) is 5.56 Å². The number of fused-ring (bicyclic) bond motifs is 1. The first-order valence-electron chi connectivity index (χ1n) is 4.36. The molecule has 0 aliphatic rings. The van der Waals surface area contributed by atoms with E-state index in [0.717, 1.165) is 0 Å². The number of imidazole rings is 1. The average molecular weight is 224 g/mol. The Morgan fingerprint density at radius 1 is 1.67 bits per heavy atom. The van der Waals surface area contributed by atoms with Crippen LogP contribution in [0.5, 0.6) is 0 Å². The largest absolute Gasteiger partial charge is 0.462 e. The van der Waals surface area contributed by atoms with Gasteiger partial charge in [0.2, 0.25) is 0 Å². The number of hydrogen-bond acceptors (Lipinski definition) is 5. The standard InChI is InChI=1S/C9H8N2O3S/c1-2-14-8(13)6-5-15-9-10-3-4-11(9)7(6)12/h3-5H,2H2,1H3. The number of aromatic nitrogens is 2. The molecule has 0 saturated carbocycles. The molecule has 0 amide bonds. The molecular formula is C9H8N2O3S. The molecule has 2 aromatic rings. The third-order valence-corrected chi connectivity index (χ3v) is 2.70. The highest BCUT2D eigenvalue weighted by Gasteiger charge is 2.13. The van der Waals surface area contributed by atoms with Gasteiger partial charge in [-0.3, -0.25) is 9.20 Å². The van der Waals surface area contributed by atoms with Gasteiger partial charge >= 0.3 is 5.97 Å². The van der Waals surface area contributed by atoms with Crippen molar-refractivity contribution in [3.05, 3.63) is 33.7 Å². The molecule has 5 nitrogen and oxygen atoms in total. The predicted octanol–water partition coefficient (Wildman–Crippen LogP) is 0.933. The van der Waals surface area contributed by atoms with Crippen LogP contribution in [0.1, 0.15) is 17.3 Å². The molecule has 15 heavy (non-hydrogen) atoms. The molecule has 0 saturated heterocycles. The molecule has 0 N–H and O–H groups in total. The summed E-state index contributed by atoms with van der Waals surface area (Å²) in [5, 5.41) is 1.47. The van der Waals surface area contributed by atoms with E-state index in [1.807, 2.05) is 0 Å². The third kappa shape index (κ3) is 1.63. The van der Waals surface area contributed by atoms with Crippen LogP contribution in [0.3, 0.4) is 0 Å². The number of nitrogens with zero attached hydrogens (tertiary/aromatic N) is 2. The van der Waals surface area contributed by atoms with E-state index >= 15 is 0 Å². The third-order valence-electron chi connectivity index (χ3n) is 1.83. The maximum Gasteiger partial charge on any atom is 0.344 e. The summed E-state index contributed by atoms with van der Waals surface area (Å²) in [6.07, 6.45) is 3.04. The lowest BCUT2D eigenvalue weighted by molar-refractivity contribution is 0.0524. The molecule has 0 aliphatic carbocycles. The van der Waals surface area contributed by atoms with Gasteiger partial charge in [-0.15, -0.1) is 11.3 Å². The Kier molecular flexibility index (Phi) is 2.51. The lowest BCUT2D eigenvalue weighted by Gasteiger charge is -2.00. The second-order valence-corrected chi connectivity index (χ2v) is 3.59. The van der Waals surface area contributed by atoms with E-state index in [1.165, 1.54) is 33.5 Å². The van der Waals surface area contributed by atoms with E-state index in [0.29, 0.717) is 4.96 Å². The normalized spacial score (nSPS) is 10.5. The van der Waals surface area contributed by atoms with Gasteiger partial charge in [0.25, 0.3) is 5.56 Å². The Morgan fingerprint density at radius 2 is 2.47 bits per heavy atom. The minimum atomic E-state index is -0.589. The zero-order valence-electron chi connectivity index (χ0n) is 7.97. The molecule has 2 aromatic heterocycles. The maximum atomic E-state index is 11.7. The number of carbonyl (C=O) groups is 1. The quantitative estimate of drug-likeness (QED) is 0.712. The predicted molar refractivity (Wildman–Crippen MR) is 55.3 cm³/mol. The van der Waals surface area contributed by atoms with E-state index in [2.05, 4.69) is 4.98 Å². The Hall–Kier alpha value is -1.69. The molecule has 78 valence electrons. The van der Waals surface area contributed by atoms with E-state index in [-0.39, 0.29) is 17.7 Å². The smallest absolute Gasteiger partial charge is 0.344 e. The summed E-state index contributed by atoms with van der Waals surface area (Å²) >= 11 is 1.23. The van der Waals surface area contributed by atoms with Crippen molar-refractivity contribution >= 4 is 22.3 Å². The van der Waals surface area contributed by atoms with Gasteiger partial charge in [0.05, 0.1) is 6.61 Å². The Balaban J connectivity index is 2.57. The number of esters is 1. The topological polar surface area (TPSA) is 60.7 Å². The molecule has 2 heterocycles. The monoisotopic (exact) mass is 224 g/mol. The van der Waals surface area contributed by atoms with Gasteiger partial charge in [-0.1, -0.05) is 0 Å². The van der Waals surface area contributed by atoms with Gasteiger partial charge in [-0.25, -0.2) is 9.78 Å². The van der Waals surface area contributed by atoms with Crippen molar-refractivity contribution in [2.75, 3.05) is 6.61 Å². The minimum absolute atomic E-state index is 0.0485. The number of carbonyl (C=O) groups excluding carboxylic acids is 1. The fourth-order valence-corrected chi connectivity index (χ4v) is 1.97. The van der Waals surface area contributed by atoms with Crippen LogP contribution in [0.4, 0.5) is 0 Å². The Bertz CT molecular complexity index is 558. The SMILES string of the molecule is CCOC(=O)c1csc2nccn2c1=O. The molecular weight excluding hydrogens is 216 g/mol. The first kappa shape index (κ1) is 9.85. The first-order chi connectivity index (χ1) is 7.24. The highest BCUT2D eigenvalue weighted by molar-refractivity contribution is 7.15. The fourth-order valence-electron chi connectivity index (χ4n) is 1.17. The summed E-state index contributed by atoms with van der Waals surface area (Å²) in [4.78, 5) is 27.6. The molecule has 0 aromatic carbocycles. The first-order valence-corrected chi connectivity index (χ1v) is 5.24. The molecule has 2 rings (SSSR count). The van der Waals surface area contributed by atoms with Crippen LogP contribution < -0.4 is 5.56 Å². The number of rotatable bonds is 2. The van der Waals surface area contributed by atoms with E-state index in [1.54, 1.807) is 6.92 Å². The van der Waals surface area contributed by atoms with Crippen molar-refractivity contribution in [3.8, 4) is 0 Å². The van der Waals surface area contributed by atoms with Crippen molar-refractivity contribution in [1.82, 2.24) is 9.38 Å². The van der Waals surface area contributed by atoms with Gasteiger partial charge in [0, 0.05) is 17.8 Å². The summed E-state index contributed by atoms with van der Waals surface area (Å²) in [6.45, 7) is 1.95.